The SMILES string of the molecule is CC(C)CCNC(=O)C(C)NOCC(F)(F)F. The van der Waals surface area contributed by atoms with Crippen LogP contribution in [0.5, 0.6) is 0 Å². The fraction of sp³-hybridized carbons (Fsp3) is 0.900. The number of carbonyl (C=O) groups is 1. The molecule has 0 radical (unpaired) electrons. The van der Waals surface area contributed by atoms with Gasteiger partial charge in [-0.3, -0.25) is 9.63 Å². The lowest BCUT2D eigenvalue weighted by molar-refractivity contribution is -0.193. The molecule has 1 atom stereocenters. The van der Waals surface area contributed by atoms with Crippen molar-refractivity contribution in [2.45, 2.75) is 39.4 Å². The molecule has 17 heavy (non-hydrogen) atoms. The molecule has 2 N–H and O–H groups in total. The van der Waals surface area contributed by atoms with E-state index in [9.17, 15) is 18.0 Å². The minimum Gasteiger partial charge on any atom is -0.355 e. The lowest BCUT2D eigenvalue weighted by Gasteiger charge is -2.15. The molecular formula is C10H19F3N2O2. The monoisotopic (exact) mass is 256 g/mol. The van der Waals surface area contributed by atoms with Crippen LogP contribution in [-0.2, 0) is 9.63 Å². The smallest absolute Gasteiger partial charge is 0.355 e. The highest BCUT2D eigenvalue weighted by atomic mass is 19.4. The summed E-state index contributed by atoms with van der Waals surface area (Å²) in [6.45, 7) is 4.54. The minimum atomic E-state index is -4.40. The molecule has 0 heterocycles. The topological polar surface area (TPSA) is 50.4 Å². The largest absolute Gasteiger partial charge is 0.413 e. The number of amides is 1. The van der Waals surface area contributed by atoms with Gasteiger partial charge in [-0.05, 0) is 19.3 Å². The summed E-state index contributed by atoms with van der Waals surface area (Å²) in [4.78, 5) is 15.5. The van der Waals surface area contributed by atoms with Gasteiger partial charge in [0, 0.05) is 6.54 Å². The number of rotatable bonds is 7. The molecule has 0 aliphatic carbocycles. The average molecular weight is 256 g/mol. The third-order valence-corrected chi connectivity index (χ3v) is 1.91. The maximum atomic E-state index is 11.7. The zero-order valence-corrected chi connectivity index (χ0v) is 10.2. The first-order valence-corrected chi connectivity index (χ1v) is 5.44. The van der Waals surface area contributed by atoms with Crippen LogP contribution in [0.3, 0.4) is 0 Å². The second-order valence-corrected chi connectivity index (χ2v) is 4.22. The van der Waals surface area contributed by atoms with Gasteiger partial charge in [-0.2, -0.15) is 18.7 Å². The van der Waals surface area contributed by atoms with E-state index in [1.807, 2.05) is 19.3 Å². The van der Waals surface area contributed by atoms with E-state index >= 15 is 0 Å². The number of halogens is 3. The number of hydrogen-bond acceptors (Lipinski definition) is 3. The second kappa shape index (κ2) is 7.50. The maximum Gasteiger partial charge on any atom is 0.413 e. The molecule has 7 heteroatoms. The van der Waals surface area contributed by atoms with E-state index in [2.05, 4.69) is 10.2 Å². The van der Waals surface area contributed by atoms with E-state index in [0.717, 1.165) is 6.42 Å². The Kier molecular flexibility index (Phi) is 7.13. The molecule has 0 aliphatic rings. The van der Waals surface area contributed by atoms with Gasteiger partial charge in [0.05, 0.1) is 0 Å². The first-order chi connectivity index (χ1) is 7.72. The summed E-state index contributed by atoms with van der Waals surface area (Å²) >= 11 is 0. The lowest BCUT2D eigenvalue weighted by Crippen LogP contribution is -2.43. The Bertz CT molecular complexity index is 232. The fourth-order valence-electron chi connectivity index (χ4n) is 0.939. The molecule has 0 aromatic rings. The molecule has 0 rings (SSSR count). The van der Waals surface area contributed by atoms with Crippen LogP contribution in [0.25, 0.3) is 0 Å². The number of hydroxylamine groups is 1. The molecule has 0 aliphatic heterocycles. The van der Waals surface area contributed by atoms with Gasteiger partial charge >= 0.3 is 6.18 Å². The molecule has 102 valence electrons. The van der Waals surface area contributed by atoms with Gasteiger partial charge in [0.1, 0.15) is 6.04 Å². The predicted octanol–water partition coefficient (Wildman–Crippen LogP) is 1.62. The Balaban J connectivity index is 3.68. The fourth-order valence-corrected chi connectivity index (χ4v) is 0.939. The summed E-state index contributed by atoms with van der Waals surface area (Å²) in [5.41, 5.74) is 2.05. The van der Waals surface area contributed by atoms with Crippen LogP contribution < -0.4 is 10.8 Å². The van der Waals surface area contributed by atoms with Gasteiger partial charge in [0.2, 0.25) is 5.91 Å². The summed E-state index contributed by atoms with van der Waals surface area (Å²) in [6.07, 6.45) is -3.58. The number of hydrogen-bond donors (Lipinski definition) is 2. The Hall–Kier alpha value is -0.820. The van der Waals surface area contributed by atoms with Crippen LogP contribution >= 0.6 is 0 Å². The standard InChI is InChI=1S/C10H19F3N2O2/c1-7(2)4-5-14-9(16)8(3)15-17-6-10(11,12)13/h7-8,15H,4-6H2,1-3H3,(H,14,16). The molecule has 0 spiro atoms. The zero-order chi connectivity index (χ0) is 13.5. The van der Waals surface area contributed by atoms with Crippen LogP contribution in [0.15, 0.2) is 0 Å². The zero-order valence-electron chi connectivity index (χ0n) is 10.2. The van der Waals surface area contributed by atoms with Crippen LogP contribution in [-0.4, -0.2) is 31.3 Å². The van der Waals surface area contributed by atoms with Gasteiger partial charge < -0.3 is 5.32 Å². The van der Waals surface area contributed by atoms with Crippen LogP contribution in [0.4, 0.5) is 13.2 Å². The molecule has 4 nitrogen and oxygen atoms in total. The third-order valence-electron chi connectivity index (χ3n) is 1.91. The van der Waals surface area contributed by atoms with Gasteiger partial charge in [0.25, 0.3) is 0 Å². The predicted molar refractivity (Wildman–Crippen MR) is 57.1 cm³/mol. The number of carbonyl (C=O) groups excluding carboxylic acids is 1. The van der Waals surface area contributed by atoms with Crippen molar-refractivity contribution in [1.82, 2.24) is 10.8 Å². The average Bonchev–Trinajstić information content (AvgIpc) is 2.14. The van der Waals surface area contributed by atoms with Crippen LogP contribution in [0.2, 0.25) is 0 Å². The molecule has 1 unspecified atom stereocenters. The summed E-state index contributed by atoms with van der Waals surface area (Å²) in [5.74, 6) is 0.0767. The van der Waals surface area contributed by atoms with E-state index in [4.69, 9.17) is 0 Å². The van der Waals surface area contributed by atoms with Crippen LogP contribution in [0, 0.1) is 5.92 Å². The second-order valence-electron chi connectivity index (χ2n) is 4.22. The number of alkyl halides is 3. The van der Waals surface area contributed by atoms with E-state index in [1.165, 1.54) is 6.92 Å². The quantitative estimate of drug-likeness (QED) is 0.681. The third kappa shape index (κ3) is 10.1. The highest BCUT2D eigenvalue weighted by molar-refractivity contribution is 5.81. The highest BCUT2D eigenvalue weighted by Crippen LogP contribution is 2.13. The molecule has 1 amide bonds. The Morgan fingerprint density at radius 2 is 1.88 bits per heavy atom. The summed E-state index contributed by atoms with van der Waals surface area (Å²) in [5, 5.41) is 2.60. The van der Waals surface area contributed by atoms with Crippen molar-refractivity contribution in [2.24, 2.45) is 5.92 Å². The van der Waals surface area contributed by atoms with E-state index < -0.39 is 18.8 Å². The Morgan fingerprint density at radius 3 is 2.35 bits per heavy atom. The molecule has 0 saturated carbocycles. The van der Waals surface area contributed by atoms with Gasteiger partial charge in [-0.15, -0.1) is 0 Å². The Labute approximate surface area is 98.8 Å². The first kappa shape index (κ1) is 16.2. The normalized spacial score (nSPS) is 13.8. The van der Waals surface area contributed by atoms with Crippen molar-refractivity contribution in [3.8, 4) is 0 Å². The van der Waals surface area contributed by atoms with E-state index in [-0.39, 0.29) is 5.91 Å². The van der Waals surface area contributed by atoms with E-state index in [0.29, 0.717) is 12.5 Å². The maximum absolute atomic E-state index is 11.7. The molecule has 0 fully saturated rings. The minimum absolute atomic E-state index is 0.382. The molecule has 0 aromatic carbocycles. The van der Waals surface area contributed by atoms with Crippen molar-refractivity contribution in [3.63, 3.8) is 0 Å². The van der Waals surface area contributed by atoms with Crippen molar-refractivity contribution < 1.29 is 22.8 Å². The van der Waals surface area contributed by atoms with Gasteiger partial charge in [-0.1, -0.05) is 13.8 Å². The van der Waals surface area contributed by atoms with Crippen molar-refractivity contribution >= 4 is 5.91 Å². The van der Waals surface area contributed by atoms with Crippen molar-refractivity contribution in [3.05, 3.63) is 0 Å². The van der Waals surface area contributed by atoms with Crippen molar-refractivity contribution in [1.29, 1.82) is 0 Å². The Morgan fingerprint density at radius 1 is 1.29 bits per heavy atom. The van der Waals surface area contributed by atoms with Gasteiger partial charge in [0.15, 0.2) is 6.61 Å². The molecule has 0 aromatic heterocycles. The van der Waals surface area contributed by atoms with E-state index in [1.54, 1.807) is 0 Å². The molecular weight excluding hydrogens is 237 g/mol. The lowest BCUT2D eigenvalue weighted by atomic mass is 10.1. The van der Waals surface area contributed by atoms with Crippen molar-refractivity contribution in [2.75, 3.05) is 13.2 Å². The highest BCUT2D eigenvalue weighted by Gasteiger charge is 2.28. The van der Waals surface area contributed by atoms with Crippen LogP contribution in [0.1, 0.15) is 27.2 Å². The summed E-state index contributed by atoms with van der Waals surface area (Å²) in [6, 6.07) is -0.815. The molecule has 0 saturated heterocycles. The van der Waals surface area contributed by atoms with Gasteiger partial charge in [-0.25, -0.2) is 0 Å². The number of nitrogens with one attached hydrogen (secondary N) is 2. The summed E-state index contributed by atoms with van der Waals surface area (Å²) in [7, 11) is 0. The first-order valence-electron chi connectivity index (χ1n) is 5.44. The molecule has 0 bridgehead atoms. The summed E-state index contributed by atoms with van der Waals surface area (Å²) < 4.78 is 35.2.